The second kappa shape index (κ2) is 7.71. The first-order chi connectivity index (χ1) is 13.7. The first-order valence-corrected chi connectivity index (χ1v) is 9.13. The maximum absolute atomic E-state index is 13.1. The number of nitrogens with one attached hydrogen (secondary N) is 1. The third-order valence-electron chi connectivity index (χ3n) is 4.44. The number of benzene rings is 3. The molecule has 0 spiro atoms. The summed E-state index contributed by atoms with van der Waals surface area (Å²) < 4.78 is 5.16. The number of hydrogen-bond donors (Lipinski definition) is 1. The minimum atomic E-state index is -0.225. The van der Waals surface area contributed by atoms with E-state index in [4.69, 9.17) is 21.3 Å². The second-order valence-electron chi connectivity index (χ2n) is 6.24. The standard InChI is InChI=1S/C23H17ClN2O2/c1-28-22-12-11-16(13-19(22)24)25-23(27)18-14-21(15-7-3-2-4-8-15)26-20-10-6-5-9-17(18)20/h2-14H,1H3,(H,25,27). The molecule has 0 aliphatic rings. The first-order valence-electron chi connectivity index (χ1n) is 8.76. The SMILES string of the molecule is COc1ccc(NC(=O)c2cc(-c3ccccc3)nc3ccccc23)cc1Cl. The summed E-state index contributed by atoms with van der Waals surface area (Å²) in [6.07, 6.45) is 0. The number of methoxy groups -OCH3 is 1. The van der Waals surface area contributed by atoms with Gasteiger partial charge in [0.1, 0.15) is 5.75 Å². The van der Waals surface area contributed by atoms with Gasteiger partial charge in [-0.3, -0.25) is 4.79 Å². The smallest absolute Gasteiger partial charge is 0.256 e. The van der Waals surface area contributed by atoms with Crippen molar-refractivity contribution in [2.24, 2.45) is 0 Å². The lowest BCUT2D eigenvalue weighted by Gasteiger charge is -2.11. The molecule has 4 rings (SSSR count). The van der Waals surface area contributed by atoms with Crippen molar-refractivity contribution in [3.63, 3.8) is 0 Å². The van der Waals surface area contributed by atoms with Gasteiger partial charge in [-0.15, -0.1) is 0 Å². The topological polar surface area (TPSA) is 51.2 Å². The van der Waals surface area contributed by atoms with Crippen LogP contribution >= 0.6 is 11.6 Å². The monoisotopic (exact) mass is 388 g/mol. The van der Waals surface area contributed by atoms with Crippen molar-refractivity contribution in [3.8, 4) is 17.0 Å². The zero-order valence-electron chi connectivity index (χ0n) is 15.1. The molecule has 1 aromatic heterocycles. The number of anilines is 1. The van der Waals surface area contributed by atoms with E-state index in [-0.39, 0.29) is 5.91 Å². The van der Waals surface area contributed by atoms with Crippen LogP contribution in [0.1, 0.15) is 10.4 Å². The van der Waals surface area contributed by atoms with E-state index in [9.17, 15) is 4.79 Å². The van der Waals surface area contributed by atoms with Crippen molar-refractivity contribution in [2.75, 3.05) is 12.4 Å². The lowest BCUT2D eigenvalue weighted by atomic mass is 10.0. The van der Waals surface area contributed by atoms with Gasteiger partial charge in [0.2, 0.25) is 0 Å². The van der Waals surface area contributed by atoms with Gasteiger partial charge in [-0.1, -0.05) is 60.1 Å². The lowest BCUT2D eigenvalue weighted by molar-refractivity contribution is 0.102. The maximum atomic E-state index is 13.1. The van der Waals surface area contributed by atoms with Gasteiger partial charge in [-0.25, -0.2) is 4.98 Å². The number of amides is 1. The zero-order chi connectivity index (χ0) is 19.5. The Bertz CT molecular complexity index is 1160. The van der Waals surface area contributed by atoms with E-state index < -0.39 is 0 Å². The average molecular weight is 389 g/mol. The number of fused-ring (bicyclic) bond motifs is 1. The number of aromatic nitrogens is 1. The van der Waals surface area contributed by atoms with Crippen LogP contribution < -0.4 is 10.1 Å². The summed E-state index contributed by atoms with van der Waals surface area (Å²) in [5.41, 5.74) is 3.61. The molecule has 138 valence electrons. The maximum Gasteiger partial charge on any atom is 0.256 e. The number of halogens is 1. The normalized spacial score (nSPS) is 10.6. The Morgan fingerprint density at radius 1 is 0.964 bits per heavy atom. The van der Waals surface area contributed by atoms with Crippen LogP contribution in [0.25, 0.3) is 22.2 Å². The molecule has 3 aromatic carbocycles. The van der Waals surface area contributed by atoms with Crippen LogP contribution in [0.2, 0.25) is 5.02 Å². The molecule has 5 heteroatoms. The minimum Gasteiger partial charge on any atom is -0.495 e. The van der Waals surface area contributed by atoms with Gasteiger partial charge in [-0.2, -0.15) is 0 Å². The quantitative estimate of drug-likeness (QED) is 0.479. The van der Waals surface area contributed by atoms with Gasteiger partial charge in [0.25, 0.3) is 5.91 Å². The van der Waals surface area contributed by atoms with E-state index in [0.29, 0.717) is 22.0 Å². The van der Waals surface area contributed by atoms with Crippen molar-refractivity contribution in [1.82, 2.24) is 4.98 Å². The highest BCUT2D eigenvalue weighted by Gasteiger charge is 2.15. The third-order valence-corrected chi connectivity index (χ3v) is 4.74. The highest BCUT2D eigenvalue weighted by Crippen LogP contribution is 2.29. The molecule has 0 saturated heterocycles. The number of ether oxygens (including phenoxy) is 1. The fraction of sp³-hybridized carbons (Fsp3) is 0.0435. The predicted octanol–water partition coefficient (Wildman–Crippen LogP) is 5.82. The molecule has 0 unspecified atom stereocenters. The summed E-state index contributed by atoms with van der Waals surface area (Å²) in [6.45, 7) is 0. The van der Waals surface area contributed by atoms with Gasteiger partial charge in [0.15, 0.2) is 0 Å². The van der Waals surface area contributed by atoms with Crippen molar-refractivity contribution >= 4 is 34.1 Å². The van der Waals surface area contributed by atoms with Gasteiger partial charge in [-0.05, 0) is 30.3 Å². The minimum absolute atomic E-state index is 0.225. The number of pyridine rings is 1. The number of nitrogens with zero attached hydrogens (tertiary/aromatic N) is 1. The molecule has 1 N–H and O–H groups in total. The Kier molecular flexibility index (Phi) is 4.96. The Labute approximate surface area is 167 Å². The molecule has 0 saturated carbocycles. The van der Waals surface area contributed by atoms with Crippen LogP contribution in [0, 0.1) is 0 Å². The fourth-order valence-corrected chi connectivity index (χ4v) is 3.32. The fourth-order valence-electron chi connectivity index (χ4n) is 3.06. The van der Waals surface area contributed by atoms with Crippen molar-refractivity contribution in [2.45, 2.75) is 0 Å². The summed E-state index contributed by atoms with van der Waals surface area (Å²) >= 11 is 6.17. The molecule has 4 nitrogen and oxygen atoms in total. The van der Waals surface area contributed by atoms with Gasteiger partial charge >= 0.3 is 0 Å². The van der Waals surface area contributed by atoms with E-state index in [0.717, 1.165) is 22.2 Å². The molecule has 0 bridgehead atoms. The highest BCUT2D eigenvalue weighted by molar-refractivity contribution is 6.32. The molecule has 1 amide bonds. The summed E-state index contributed by atoms with van der Waals surface area (Å²) in [6, 6.07) is 24.4. The van der Waals surface area contributed by atoms with Crippen LogP contribution in [-0.2, 0) is 0 Å². The second-order valence-corrected chi connectivity index (χ2v) is 6.65. The van der Waals surface area contributed by atoms with E-state index in [1.807, 2.05) is 60.7 Å². The summed E-state index contributed by atoms with van der Waals surface area (Å²) in [5.74, 6) is 0.331. The van der Waals surface area contributed by atoms with Crippen molar-refractivity contribution in [1.29, 1.82) is 0 Å². The first kappa shape index (κ1) is 18.0. The van der Waals surface area contributed by atoms with Gasteiger partial charge < -0.3 is 10.1 Å². The van der Waals surface area contributed by atoms with E-state index >= 15 is 0 Å². The Balaban J connectivity index is 1.76. The molecule has 0 atom stereocenters. The molecule has 0 fully saturated rings. The Hall–Kier alpha value is -3.37. The van der Waals surface area contributed by atoms with Crippen LogP contribution in [-0.4, -0.2) is 18.0 Å². The molecule has 0 radical (unpaired) electrons. The largest absolute Gasteiger partial charge is 0.495 e. The molecule has 1 heterocycles. The summed E-state index contributed by atoms with van der Waals surface area (Å²) in [4.78, 5) is 17.8. The summed E-state index contributed by atoms with van der Waals surface area (Å²) in [5, 5.41) is 4.14. The Morgan fingerprint density at radius 2 is 1.71 bits per heavy atom. The molecule has 28 heavy (non-hydrogen) atoms. The van der Waals surface area contributed by atoms with E-state index in [2.05, 4.69) is 5.32 Å². The highest BCUT2D eigenvalue weighted by atomic mass is 35.5. The van der Waals surface area contributed by atoms with E-state index in [1.54, 1.807) is 25.3 Å². The van der Waals surface area contributed by atoms with Crippen molar-refractivity contribution < 1.29 is 9.53 Å². The zero-order valence-corrected chi connectivity index (χ0v) is 15.9. The number of para-hydroxylation sites is 1. The number of carbonyl (C=O) groups excluding carboxylic acids is 1. The van der Waals surface area contributed by atoms with Crippen molar-refractivity contribution in [3.05, 3.63) is 89.4 Å². The van der Waals surface area contributed by atoms with Crippen LogP contribution in [0.4, 0.5) is 5.69 Å². The molecular weight excluding hydrogens is 372 g/mol. The van der Waals surface area contributed by atoms with Crippen LogP contribution in [0.15, 0.2) is 78.9 Å². The van der Waals surface area contributed by atoms with Crippen LogP contribution in [0.5, 0.6) is 5.75 Å². The third kappa shape index (κ3) is 3.55. The van der Waals surface area contributed by atoms with Crippen LogP contribution in [0.3, 0.4) is 0 Å². The molecule has 4 aromatic rings. The number of rotatable bonds is 4. The molecule has 0 aliphatic carbocycles. The summed E-state index contributed by atoms with van der Waals surface area (Å²) in [7, 11) is 1.55. The molecule has 0 aliphatic heterocycles. The number of carbonyl (C=O) groups is 1. The lowest BCUT2D eigenvalue weighted by Crippen LogP contribution is -2.13. The van der Waals surface area contributed by atoms with Gasteiger partial charge in [0.05, 0.1) is 28.9 Å². The predicted molar refractivity (Wildman–Crippen MR) is 113 cm³/mol. The Morgan fingerprint density at radius 3 is 2.46 bits per heavy atom. The number of hydrogen-bond acceptors (Lipinski definition) is 3. The van der Waals surface area contributed by atoms with E-state index in [1.165, 1.54) is 0 Å². The molecular formula is C23H17ClN2O2. The van der Waals surface area contributed by atoms with Gasteiger partial charge in [0, 0.05) is 16.6 Å². The average Bonchev–Trinajstić information content (AvgIpc) is 2.73.